The molecule has 3 aromatic rings. The lowest BCUT2D eigenvalue weighted by atomic mass is 9.85. The van der Waals surface area contributed by atoms with E-state index >= 15 is 0 Å². The Labute approximate surface area is 181 Å². The lowest BCUT2D eigenvalue weighted by Gasteiger charge is -2.49. The zero-order chi connectivity index (χ0) is 20.8. The zero-order valence-electron chi connectivity index (χ0n) is 17.1. The van der Waals surface area contributed by atoms with Crippen molar-refractivity contribution in [3.05, 3.63) is 64.7 Å². The molecule has 0 radical (unpaired) electrons. The highest BCUT2D eigenvalue weighted by atomic mass is 32.2. The molecule has 0 saturated carbocycles. The molecular weight excluding hydrogens is 416 g/mol. The Hall–Kier alpha value is -2.00. The van der Waals surface area contributed by atoms with E-state index < -0.39 is 15.6 Å². The molecule has 4 heterocycles. The zero-order valence-corrected chi connectivity index (χ0v) is 18.7. The minimum Gasteiger partial charge on any atom is -0.325 e. The molecule has 0 N–H and O–H groups in total. The van der Waals surface area contributed by atoms with Crippen LogP contribution in [0.25, 0.3) is 11.3 Å². The molecule has 30 heavy (non-hydrogen) atoms. The summed E-state index contributed by atoms with van der Waals surface area (Å²) in [7, 11) is -3.34. The van der Waals surface area contributed by atoms with Crippen LogP contribution < -0.4 is 0 Å². The molecule has 0 unspecified atom stereocenters. The number of imidazole rings is 1. The molecule has 6 nitrogen and oxygen atoms in total. The molecule has 1 spiro atoms. The first-order chi connectivity index (χ1) is 14.5. The van der Waals surface area contributed by atoms with E-state index in [1.54, 1.807) is 15.6 Å². The summed E-state index contributed by atoms with van der Waals surface area (Å²) >= 11 is 1.77. The molecule has 158 valence electrons. The SMILES string of the molecule is CS(=O)(=O)N1CCn2c(-c3ccccc3)cnc2C12CCN(Cc1cccs1)CC2. The quantitative estimate of drug-likeness (QED) is 0.622. The fraction of sp³-hybridized carbons (Fsp3) is 0.409. The van der Waals surface area contributed by atoms with Crippen LogP contribution in [0.5, 0.6) is 0 Å². The number of piperidine rings is 1. The molecule has 2 aliphatic rings. The Balaban J connectivity index is 1.50. The topological polar surface area (TPSA) is 58.4 Å². The molecule has 0 aliphatic carbocycles. The van der Waals surface area contributed by atoms with Gasteiger partial charge in [0, 0.05) is 37.6 Å². The van der Waals surface area contributed by atoms with Crippen molar-refractivity contribution < 1.29 is 8.42 Å². The fourth-order valence-electron chi connectivity index (χ4n) is 4.99. The largest absolute Gasteiger partial charge is 0.325 e. The highest BCUT2D eigenvalue weighted by Gasteiger charge is 2.50. The number of sulfonamides is 1. The van der Waals surface area contributed by atoms with Crippen LogP contribution in [-0.4, -0.2) is 53.1 Å². The van der Waals surface area contributed by atoms with Crippen molar-refractivity contribution in [2.24, 2.45) is 0 Å². The van der Waals surface area contributed by atoms with E-state index in [1.165, 1.54) is 11.1 Å². The first-order valence-electron chi connectivity index (χ1n) is 10.3. The van der Waals surface area contributed by atoms with Gasteiger partial charge in [0.05, 0.1) is 23.7 Å². The average Bonchev–Trinajstić information content (AvgIpc) is 3.40. The molecular formula is C22H26N4O2S2. The maximum absolute atomic E-state index is 12.8. The lowest BCUT2D eigenvalue weighted by Crippen LogP contribution is -2.59. The van der Waals surface area contributed by atoms with E-state index in [0.29, 0.717) is 13.1 Å². The van der Waals surface area contributed by atoms with Crippen molar-refractivity contribution in [3.8, 4) is 11.3 Å². The van der Waals surface area contributed by atoms with Crippen molar-refractivity contribution in [2.45, 2.75) is 31.5 Å². The van der Waals surface area contributed by atoms with E-state index in [0.717, 1.165) is 49.6 Å². The minimum absolute atomic E-state index is 0.493. The van der Waals surface area contributed by atoms with Crippen molar-refractivity contribution in [1.29, 1.82) is 0 Å². The van der Waals surface area contributed by atoms with Crippen LogP contribution in [0.2, 0.25) is 0 Å². The summed E-state index contributed by atoms with van der Waals surface area (Å²) < 4.78 is 29.5. The maximum Gasteiger partial charge on any atom is 0.212 e. The van der Waals surface area contributed by atoms with Crippen molar-refractivity contribution >= 4 is 21.4 Å². The van der Waals surface area contributed by atoms with Crippen LogP contribution >= 0.6 is 11.3 Å². The van der Waals surface area contributed by atoms with Crippen molar-refractivity contribution in [3.63, 3.8) is 0 Å². The van der Waals surface area contributed by atoms with Gasteiger partial charge in [-0.15, -0.1) is 11.3 Å². The molecule has 1 fully saturated rings. The van der Waals surface area contributed by atoms with E-state index in [2.05, 4.69) is 39.1 Å². The standard InChI is InChI=1S/C22H26N4O2S2/c1-30(27,28)26-14-13-25-20(18-6-3-2-4-7-18)16-23-21(25)22(26)9-11-24(12-10-22)17-19-8-5-15-29-19/h2-8,15-16H,9-14,17H2,1H3. The van der Waals surface area contributed by atoms with Crippen molar-refractivity contribution in [2.75, 3.05) is 25.9 Å². The normalized spacial score (nSPS) is 19.8. The van der Waals surface area contributed by atoms with Gasteiger partial charge in [-0.2, -0.15) is 4.31 Å². The van der Waals surface area contributed by atoms with E-state index in [1.807, 2.05) is 24.4 Å². The molecule has 2 aliphatic heterocycles. The predicted molar refractivity (Wildman–Crippen MR) is 120 cm³/mol. The third-order valence-corrected chi connectivity index (χ3v) is 8.58. The monoisotopic (exact) mass is 442 g/mol. The third-order valence-electron chi connectivity index (χ3n) is 6.39. The highest BCUT2D eigenvalue weighted by Crippen LogP contribution is 2.43. The second kappa shape index (κ2) is 7.60. The summed E-state index contributed by atoms with van der Waals surface area (Å²) in [6.07, 6.45) is 4.77. The molecule has 0 amide bonds. The van der Waals surface area contributed by atoms with Crippen LogP contribution in [0.15, 0.2) is 54.0 Å². The fourth-order valence-corrected chi connectivity index (χ4v) is 7.05. The number of rotatable bonds is 4. The van der Waals surface area contributed by atoms with Crippen LogP contribution in [0.3, 0.4) is 0 Å². The summed E-state index contributed by atoms with van der Waals surface area (Å²) in [4.78, 5) is 8.59. The number of likely N-dealkylation sites (tertiary alicyclic amines) is 1. The van der Waals surface area contributed by atoms with Gasteiger partial charge in [-0.1, -0.05) is 36.4 Å². The summed E-state index contributed by atoms with van der Waals surface area (Å²) in [6.45, 7) is 3.77. The average molecular weight is 443 g/mol. The van der Waals surface area contributed by atoms with E-state index in [4.69, 9.17) is 4.98 Å². The second-order valence-electron chi connectivity index (χ2n) is 8.21. The van der Waals surface area contributed by atoms with Crippen molar-refractivity contribution in [1.82, 2.24) is 18.8 Å². The molecule has 1 saturated heterocycles. The maximum atomic E-state index is 12.8. The minimum atomic E-state index is -3.34. The van der Waals surface area contributed by atoms with Gasteiger partial charge in [0.1, 0.15) is 5.82 Å². The number of benzene rings is 1. The van der Waals surface area contributed by atoms with E-state index in [-0.39, 0.29) is 0 Å². The van der Waals surface area contributed by atoms with Gasteiger partial charge in [-0.25, -0.2) is 13.4 Å². The van der Waals surface area contributed by atoms with Gasteiger partial charge < -0.3 is 4.57 Å². The number of aromatic nitrogens is 2. The summed E-state index contributed by atoms with van der Waals surface area (Å²) in [5, 5.41) is 2.11. The van der Waals surface area contributed by atoms with Crippen LogP contribution in [0, 0.1) is 0 Å². The molecule has 1 aromatic carbocycles. The van der Waals surface area contributed by atoms with Gasteiger partial charge in [-0.3, -0.25) is 4.90 Å². The number of thiophene rings is 1. The Kier molecular flexibility index (Phi) is 5.05. The van der Waals surface area contributed by atoms with Crippen LogP contribution in [-0.2, 0) is 28.7 Å². The molecule has 8 heteroatoms. The summed E-state index contributed by atoms with van der Waals surface area (Å²) in [5.74, 6) is 0.897. The number of fused-ring (bicyclic) bond motifs is 2. The van der Waals surface area contributed by atoms with Gasteiger partial charge in [0.2, 0.25) is 10.0 Å². The number of hydrogen-bond acceptors (Lipinski definition) is 5. The third kappa shape index (κ3) is 3.41. The highest BCUT2D eigenvalue weighted by molar-refractivity contribution is 7.88. The molecule has 5 rings (SSSR count). The van der Waals surface area contributed by atoms with E-state index in [9.17, 15) is 8.42 Å². The predicted octanol–water partition coefficient (Wildman–Crippen LogP) is 3.38. The Morgan fingerprint density at radius 1 is 1.03 bits per heavy atom. The number of hydrogen-bond donors (Lipinski definition) is 0. The Morgan fingerprint density at radius 2 is 1.80 bits per heavy atom. The van der Waals surface area contributed by atoms with Gasteiger partial charge in [0.25, 0.3) is 0 Å². The lowest BCUT2D eigenvalue weighted by molar-refractivity contribution is 0.0460. The first kappa shape index (κ1) is 19.9. The molecule has 0 bridgehead atoms. The Bertz CT molecular complexity index is 1120. The summed E-state index contributed by atoms with van der Waals surface area (Å²) in [6, 6.07) is 14.5. The smallest absolute Gasteiger partial charge is 0.212 e. The molecule has 2 aromatic heterocycles. The van der Waals surface area contributed by atoms with Gasteiger partial charge >= 0.3 is 0 Å². The van der Waals surface area contributed by atoms with Gasteiger partial charge in [-0.05, 0) is 29.9 Å². The second-order valence-corrected chi connectivity index (χ2v) is 11.1. The van der Waals surface area contributed by atoms with Crippen LogP contribution in [0.1, 0.15) is 23.5 Å². The first-order valence-corrected chi connectivity index (χ1v) is 13.0. The van der Waals surface area contributed by atoms with Crippen LogP contribution in [0.4, 0.5) is 0 Å². The van der Waals surface area contributed by atoms with Gasteiger partial charge in [0.15, 0.2) is 0 Å². The Morgan fingerprint density at radius 3 is 2.47 bits per heavy atom. The summed E-state index contributed by atoms with van der Waals surface area (Å²) in [5.41, 5.74) is 1.62. The molecule has 0 atom stereocenters. The number of nitrogens with zero attached hydrogens (tertiary/aromatic N) is 4.